The summed E-state index contributed by atoms with van der Waals surface area (Å²) in [5.74, 6) is 2.89. The number of rotatable bonds is 6. The van der Waals surface area contributed by atoms with Crippen LogP contribution in [0, 0.1) is 5.92 Å². The molecule has 2 aliphatic rings. The Labute approximate surface area is 209 Å². The predicted molar refractivity (Wildman–Crippen MR) is 140 cm³/mol. The highest BCUT2D eigenvalue weighted by molar-refractivity contribution is 7.18. The number of fused-ring (bicyclic) bond motifs is 1. The number of benzene rings is 1. The Kier molecular flexibility index (Phi) is 6.35. The van der Waals surface area contributed by atoms with Crippen molar-refractivity contribution in [2.75, 3.05) is 18.0 Å². The minimum Gasteiger partial charge on any atom is -0.457 e. The number of thiazole rings is 1. The van der Waals surface area contributed by atoms with Crippen LogP contribution >= 0.6 is 11.3 Å². The normalized spacial score (nSPS) is 20.4. The maximum absolute atomic E-state index is 10.3. The predicted octanol–water partition coefficient (Wildman–Crippen LogP) is 6.24. The molecule has 6 rings (SSSR count). The lowest BCUT2D eigenvalue weighted by Crippen LogP contribution is -2.26. The molecule has 1 aliphatic heterocycles. The summed E-state index contributed by atoms with van der Waals surface area (Å²) in [4.78, 5) is 16.3. The minimum absolute atomic E-state index is 0.192. The highest BCUT2D eigenvalue weighted by atomic mass is 32.1. The van der Waals surface area contributed by atoms with Crippen LogP contribution in [-0.2, 0) is 6.42 Å². The number of aromatic nitrogens is 3. The monoisotopic (exact) mass is 486 g/mol. The highest BCUT2D eigenvalue weighted by Gasteiger charge is 2.24. The largest absolute Gasteiger partial charge is 0.457 e. The molecular weight excluding hydrogens is 456 g/mol. The Morgan fingerprint density at radius 1 is 0.943 bits per heavy atom. The van der Waals surface area contributed by atoms with Gasteiger partial charge in [-0.1, -0.05) is 12.8 Å². The van der Waals surface area contributed by atoms with Gasteiger partial charge in [-0.2, -0.15) is 0 Å². The molecular formula is C28H30N4O2S. The second kappa shape index (κ2) is 9.91. The molecule has 6 nitrogen and oxygen atoms in total. The molecule has 0 bridgehead atoms. The maximum atomic E-state index is 10.3. The number of ether oxygens (including phenoxy) is 1. The molecule has 0 unspecified atom stereocenters. The van der Waals surface area contributed by atoms with Crippen LogP contribution in [0.1, 0.15) is 43.5 Å². The molecule has 1 aliphatic carbocycles. The molecule has 4 heterocycles. The first-order chi connectivity index (χ1) is 17.2. The van der Waals surface area contributed by atoms with Gasteiger partial charge in [0.25, 0.3) is 0 Å². The number of aliphatic hydroxyl groups is 1. The lowest BCUT2D eigenvalue weighted by molar-refractivity contribution is 0.0700. The summed E-state index contributed by atoms with van der Waals surface area (Å²) >= 11 is 1.70. The third-order valence-corrected chi connectivity index (χ3v) is 8.19. The number of pyridine rings is 2. The molecule has 0 amide bonds. The Bertz CT molecular complexity index is 1300. The van der Waals surface area contributed by atoms with Gasteiger partial charge >= 0.3 is 0 Å². The van der Waals surface area contributed by atoms with Crippen molar-refractivity contribution < 1.29 is 9.84 Å². The summed E-state index contributed by atoms with van der Waals surface area (Å²) in [6, 6.07) is 14.0. The van der Waals surface area contributed by atoms with E-state index < -0.39 is 0 Å². The van der Waals surface area contributed by atoms with E-state index in [1.165, 1.54) is 19.3 Å². The van der Waals surface area contributed by atoms with E-state index in [1.807, 2.05) is 30.5 Å². The standard InChI is InChI=1S/C28H30N4O2S/c33-25-6-2-1-5-19(25)15-28-31-23-9-8-21(17-26(23)35-28)34-22-11-12-29-24(16-22)20-7-10-27(30-18-20)32-13-3-4-14-32/h7-12,16-19,25,33H,1-6,13-15H2/t19-,25+/m0/s1. The van der Waals surface area contributed by atoms with Crippen molar-refractivity contribution in [2.24, 2.45) is 5.92 Å². The van der Waals surface area contributed by atoms with Gasteiger partial charge in [-0.3, -0.25) is 4.98 Å². The van der Waals surface area contributed by atoms with Crippen molar-refractivity contribution in [1.29, 1.82) is 0 Å². The SMILES string of the molecule is O[C@@H]1CCCC[C@H]1Cc1nc2ccc(Oc3ccnc(-c4ccc(N5CCCC5)nc4)c3)cc2s1. The molecule has 1 aromatic carbocycles. The van der Waals surface area contributed by atoms with E-state index in [1.54, 1.807) is 17.5 Å². The minimum atomic E-state index is -0.192. The maximum Gasteiger partial charge on any atom is 0.131 e. The lowest BCUT2D eigenvalue weighted by Gasteiger charge is -2.26. The average molecular weight is 487 g/mol. The first-order valence-electron chi connectivity index (χ1n) is 12.6. The van der Waals surface area contributed by atoms with Gasteiger partial charge in [0, 0.05) is 49.6 Å². The summed E-state index contributed by atoms with van der Waals surface area (Å²) < 4.78 is 7.31. The summed E-state index contributed by atoms with van der Waals surface area (Å²) in [7, 11) is 0. The van der Waals surface area contributed by atoms with Crippen molar-refractivity contribution in [2.45, 2.75) is 51.0 Å². The van der Waals surface area contributed by atoms with Gasteiger partial charge in [0.05, 0.1) is 27.0 Å². The van der Waals surface area contributed by atoms with E-state index in [0.717, 1.165) is 82.6 Å². The molecule has 0 radical (unpaired) electrons. The van der Waals surface area contributed by atoms with Crippen LogP contribution in [-0.4, -0.2) is 39.3 Å². The molecule has 7 heteroatoms. The Hall–Kier alpha value is -3.03. The van der Waals surface area contributed by atoms with Crippen molar-refractivity contribution >= 4 is 27.4 Å². The van der Waals surface area contributed by atoms with Gasteiger partial charge in [0.1, 0.15) is 17.3 Å². The topological polar surface area (TPSA) is 71.4 Å². The first kappa shape index (κ1) is 22.4. The summed E-state index contributed by atoms with van der Waals surface area (Å²) in [5.41, 5.74) is 2.81. The van der Waals surface area contributed by atoms with Crippen LogP contribution in [0.15, 0.2) is 54.9 Å². The second-order valence-corrected chi connectivity index (χ2v) is 10.7. The summed E-state index contributed by atoms with van der Waals surface area (Å²) in [6.45, 7) is 2.17. The Balaban J connectivity index is 1.16. The van der Waals surface area contributed by atoms with Gasteiger partial charge in [-0.15, -0.1) is 11.3 Å². The van der Waals surface area contributed by atoms with E-state index >= 15 is 0 Å². The van der Waals surface area contributed by atoms with Crippen LogP contribution < -0.4 is 9.64 Å². The van der Waals surface area contributed by atoms with Crippen molar-refractivity contribution in [3.05, 3.63) is 59.9 Å². The van der Waals surface area contributed by atoms with Gasteiger partial charge in [0.2, 0.25) is 0 Å². The van der Waals surface area contributed by atoms with Gasteiger partial charge in [-0.05, 0) is 61.9 Å². The molecule has 180 valence electrons. The van der Waals surface area contributed by atoms with E-state index in [2.05, 4.69) is 33.1 Å². The van der Waals surface area contributed by atoms with E-state index in [4.69, 9.17) is 9.72 Å². The van der Waals surface area contributed by atoms with Crippen molar-refractivity contribution in [1.82, 2.24) is 15.0 Å². The smallest absolute Gasteiger partial charge is 0.131 e. The van der Waals surface area contributed by atoms with Crippen molar-refractivity contribution in [3.8, 4) is 22.8 Å². The molecule has 2 atom stereocenters. The van der Waals surface area contributed by atoms with Crippen LogP contribution in [0.2, 0.25) is 0 Å². The molecule has 1 N–H and O–H groups in total. The molecule has 2 fully saturated rings. The van der Waals surface area contributed by atoms with Crippen LogP contribution in [0.25, 0.3) is 21.5 Å². The third-order valence-electron chi connectivity index (χ3n) is 7.15. The molecule has 4 aromatic rings. The number of hydrogen-bond donors (Lipinski definition) is 1. The molecule has 1 saturated carbocycles. The van der Waals surface area contributed by atoms with E-state index in [-0.39, 0.29) is 6.10 Å². The van der Waals surface area contributed by atoms with Crippen LogP contribution in [0.3, 0.4) is 0 Å². The quantitative estimate of drug-likeness (QED) is 0.348. The fraction of sp³-hybridized carbons (Fsp3) is 0.393. The zero-order valence-electron chi connectivity index (χ0n) is 19.8. The van der Waals surface area contributed by atoms with Crippen LogP contribution in [0.5, 0.6) is 11.5 Å². The zero-order chi connectivity index (χ0) is 23.6. The fourth-order valence-corrected chi connectivity index (χ4v) is 6.28. The number of nitrogens with zero attached hydrogens (tertiary/aromatic N) is 4. The van der Waals surface area contributed by atoms with Crippen LogP contribution in [0.4, 0.5) is 5.82 Å². The molecule has 3 aromatic heterocycles. The van der Waals surface area contributed by atoms with Gasteiger partial charge in [0.15, 0.2) is 0 Å². The summed E-state index contributed by atoms with van der Waals surface area (Å²) in [6.07, 6.45) is 11.2. The number of hydrogen-bond acceptors (Lipinski definition) is 7. The van der Waals surface area contributed by atoms with Crippen molar-refractivity contribution in [3.63, 3.8) is 0 Å². The van der Waals surface area contributed by atoms with Gasteiger partial charge in [-0.25, -0.2) is 9.97 Å². The van der Waals surface area contributed by atoms with Gasteiger partial charge < -0.3 is 14.7 Å². The summed E-state index contributed by atoms with van der Waals surface area (Å²) in [5, 5.41) is 11.4. The first-order valence-corrected chi connectivity index (χ1v) is 13.5. The van der Waals surface area contributed by atoms with E-state index in [9.17, 15) is 5.11 Å². The van der Waals surface area contributed by atoms with E-state index in [0.29, 0.717) is 5.92 Å². The zero-order valence-corrected chi connectivity index (χ0v) is 20.6. The number of aliphatic hydroxyl groups excluding tert-OH is 1. The third kappa shape index (κ3) is 5.02. The highest BCUT2D eigenvalue weighted by Crippen LogP contribution is 2.34. The lowest BCUT2D eigenvalue weighted by atomic mass is 9.84. The Morgan fingerprint density at radius 2 is 1.80 bits per heavy atom. The molecule has 0 spiro atoms. The number of anilines is 1. The second-order valence-electron chi connectivity index (χ2n) is 9.63. The Morgan fingerprint density at radius 3 is 2.63 bits per heavy atom. The fourth-order valence-electron chi connectivity index (χ4n) is 5.19. The molecule has 1 saturated heterocycles. The average Bonchev–Trinajstić information content (AvgIpc) is 3.56. The molecule has 35 heavy (non-hydrogen) atoms.